The summed E-state index contributed by atoms with van der Waals surface area (Å²) in [7, 11) is 0. The van der Waals surface area contributed by atoms with Gasteiger partial charge in [-0.2, -0.15) is 0 Å². The van der Waals surface area contributed by atoms with Crippen molar-refractivity contribution in [3.63, 3.8) is 0 Å². The fourth-order valence-electron chi connectivity index (χ4n) is 7.45. The Morgan fingerprint density at radius 2 is 0.552 bits per heavy atom. The molecule has 8 aromatic carbocycles. The summed E-state index contributed by atoms with van der Waals surface area (Å²) in [4.78, 5) is 20.5. The van der Waals surface area contributed by atoms with Crippen LogP contribution in [0.15, 0.2) is 218 Å². The molecule has 0 N–H and O–H groups in total. The van der Waals surface area contributed by atoms with Gasteiger partial charge in [-0.15, -0.1) is 0 Å². The van der Waals surface area contributed by atoms with Crippen LogP contribution in [0, 0.1) is 0 Å². The van der Waals surface area contributed by atoms with Crippen LogP contribution in [0.3, 0.4) is 0 Å². The highest BCUT2D eigenvalue weighted by Gasteiger charge is 2.15. The number of hydrogen-bond acceptors (Lipinski definition) is 4. The quantitative estimate of drug-likeness (QED) is 0.156. The normalized spacial score (nSPS) is 11.1. The smallest absolute Gasteiger partial charge is 0.160 e. The van der Waals surface area contributed by atoms with Crippen LogP contribution in [0.5, 0.6) is 0 Å². The van der Waals surface area contributed by atoms with E-state index < -0.39 is 0 Å². The number of para-hydroxylation sites is 1. The van der Waals surface area contributed by atoms with E-state index in [9.17, 15) is 0 Å². The molecule has 0 amide bonds. The number of hydrogen-bond donors (Lipinski definition) is 0. The monoisotopic (exact) mass is 740 g/mol. The minimum absolute atomic E-state index is 0.670. The molecule has 0 spiro atoms. The lowest BCUT2D eigenvalue weighted by Gasteiger charge is -2.12. The Morgan fingerprint density at radius 1 is 0.224 bits per heavy atom. The summed E-state index contributed by atoms with van der Waals surface area (Å²) < 4.78 is 0. The van der Waals surface area contributed by atoms with E-state index >= 15 is 0 Å². The lowest BCUT2D eigenvalue weighted by molar-refractivity contribution is 1.18. The van der Waals surface area contributed by atoms with Crippen molar-refractivity contribution in [1.82, 2.24) is 19.9 Å². The number of fused-ring (bicyclic) bond motifs is 1. The van der Waals surface area contributed by atoms with Crippen molar-refractivity contribution in [2.45, 2.75) is 0 Å². The van der Waals surface area contributed by atoms with E-state index in [1.807, 2.05) is 30.3 Å². The highest BCUT2D eigenvalue weighted by Crippen LogP contribution is 2.34. The van der Waals surface area contributed by atoms with E-state index in [0.717, 1.165) is 66.9 Å². The topological polar surface area (TPSA) is 51.6 Å². The lowest BCUT2D eigenvalue weighted by atomic mass is 10.0. The Bertz CT molecular complexity index is 2880. The second kappa shape index (κ2) is 15.4. The summed E-state index contributed by atoms with van der Waals surface area (Å²) >= 11 is 0. The maximum atomic E-state index is 5.17. The van der Waals surface area contributed by atoms with Gasteiger partial charge in [-0.3, -0.25) is 0 Å². The lowest BCUT2D eigenvalue weighted by Crippen LogP contribution is -1.97. The zero-order chi connectivity index (χ0) is 38.7. The van der Waals surface area contributed by atoms with E-state index in [2.05, 4.69) is 188 Å². The Hall–Kier alpha value is -7.82. The molecule has 0 aliphatic rings. The molecule has 4 nitrogen and oxygen atoms in total. The van der Waals surface area contributed by atoms with Gasteiger partial charge in [-0.1, -0.05) is 206 Å². The first-order valence-corrected chi connectivity index (χ1v) is 19.5. The number of benzene rings is 8. The van der Waals surface area contributed by atoms with E-state index in [1.54, 1.807) is 0 Å². The van der Waals surface area contributed by atoms with Crippen molar-refractivity contribution >= 4 is 10.9 Å². The van der Waals surface area contributed by atoms with Gasteiger partial charge in [0, 0.05) is 33.2 Å². The first-order valence-electron chi connectivity index (χ1n) is 19.5. The van der Waals surface area contributed by atoms with Gasteiger partial charge in [0.05, 0.1) is 22.6 Å². The molecular weight excluding hydrogens is 705 g/mol. The maximum absolute atomic E-state index is 5.17. The van der Waals surface area contributed by atoms with Crippen LogP contribution < -0.4 is 0 Å². The predicted octanol–water partition coefficient (Wildman–Crippen LogP) is 13.8. The van der Waals surface area contributed by atoms with E-state index in [0.29, 0.717) is 11.6 Å². The molecule has 0 saturated carbocycles. The van der Waals surface area contributed by atoms with Gasteiger partial charge in [0.2, 0.25) is 0 Å². The third kappa shape index (κ3) is 7.07. The average molecular weight is 741 g/mol. The van der Waals surface area contributed by atoms with Crippen LogP contribution in [0.1, 0.15) is 0 Å². The van der Waals surface area contributed by atoms with Crippen molar-refractivity contribution in [2.24, 2.45) is 0 Å². The van der Waals surface area contributed by atoms with Gasteiger partial charge in [0.1, 0.15) is 0 Å². The van der Waals surface area contributed by atoms with Gasteiger partial charge >= 0.3 is 0 Å². The minimum Gasteiger partial charge on any atom is -0.228 e. The number of aromatic nitrogens is 4. The SMILES string of the molecule is c1ccc(-c2ccc(-c3cc(-c4ccc(-c5nc(-c6ccc(-c7ccccc7)cc6)c6ccccc6n5)cc4)nc(-c4ccc(-c5ccccc5)cc4)n3)cc2)cc1. The Labute approximate surface area is 337 Å². The van der Waals surface area contributed by atoms with Crippen molar-refractivity contribution in [3.8, 4) is 89.9 Å². The molecule has 0 fully saturated rings. The third-order valence-electron chi connectivity index (χ3n) is 10.6. The molecule has 272 valence electrons. The molecule has 10 aromatic rings. The molecule has 2 aromatic heterocycles. The Morgan fingerprint density at radius 3 is 1.00 bits per heavy atom. The summed E-state index contributed by atoms with van der Waals surface area (Å²) in [6.07, 6.45) is 0. The van der Waals surface area contributed by atoms with Crippen LogP contribution in [-0.2, 0) is 0 Å². The molecule has 0 radical (unpaired) electrons. The standard InChI is InChI=1S/C54H36N4/c1-4-12-37(13-5-1)40-20-26-43(27-21-40)50-36-51(57-53(56-50)46-32-24-42(25-33-46)39-16-8-3-9-17-39)44-28-34-47(35-29-44)54-55-49-19-11-10-18-48(49)52(58-54)45-30-22-41(23-31-45)38-14-6-2-7-15-38/h1-36H. The molecule has 4 heteroatoms. The molecule has 0 aliphatic heterocycles. The summed E-state index contributed by atoms with van der Waals surface area (Å²) in [6, 6.07) is 75.7. The second-order valence-electron chi connectivity index (χ2n) is 14.3. The van der Waals surface area contributed by atoms with Gasteiger partial charge in [0.15, 0.2) is 11.6 Å². The number of rotatable bonds is 8. The van der Waals surface area contributed by atoms with E-state index in [4.69, 9.17) is 19.9 Å². The van der Waals surface area contributed by atoms with E-state index in [1.165, 1.54) is 22.3 Å². The maximum Gasteiger partial charge on any atom is 0.160 e. The third-order valence-corrected chi connectivity index (χ3v) is 10.6. The molecule has 0 atom stereocenters. The molecule has 10 rings (SSSR count). The fraction of sp³-hybridized carbons (Fsp3) is 0. The molecule has 2 heterocycles. The van der Waals surface area contributed by atoms with Gasteiger partial charge in [-0.25, -0.2) is 19.9 Å². The average Bonchev–Trinajstić information content (AvgIpc) is 3.32. The first kappa shape index (κ1) is 34.7. The zero-order valence-electron chi connectivity index (χ0n) is 31.6. The molecule has 0 unspecified atom stereocenters. The van der Waals surface area contributed by atoms with Gasteiger partial charge < -0.3 is 0 Å². The first-order chi connectivity index (χ1) is 28.7. The van der Waals surface area contributed by atoms with E-state index in [-0.39, 0.29) is 0 Å². The molecule has 0 aliphatic carbocycles. The minimum atomic E-state index is 0.670. The largest absolute Gasteiger partial charge is 0.228 e. The summed E-state index contributed by atoms with van der Waals surface area (Å²) in [5.41, 5.74) is 15.5. The Kier molecular flexibility index (Phi) is 9.18. The van der Waals surface area contributed by atoms with Crippen LogP contribution in [0.4, 0.5) is 0 Å². The van der Waals surface area contributed by atoms with Crippen molar-refractivity contribution in [1.29, 1.82) is 0 Å². The molecule has 58 heavy (non-hydrogen) atoms. The number of nitrogens with zero attached hydrogens (tertiary/aromatic N) is 4. The van der Waals surface area contributed by atoms with Crippen LogP contribution in [0.25, 0.3) is 101 Å². The molecule has 0 saturated heterocycles. The zero-order valence-corrected chi connectivity index (χ0v) is 31.6. The predicted molar refractivity (Wildman–Crippen MR) is 239 cm³/mol. The fourth-order valence-corrected chi connectivity index (χ4v) is 7.45. The van der Waals surface area contributed by atoms with Gasteiger partial charge in [0.25, 0.3) is 0 Å². The summed E-state index contributed by atoms with van der Waals surface area (Å²) in [5, 5.41) is 1.02. The van der Waals surface area contributed by atoms with Crippen LogP contribution in [-0.4, -0.2) is 19.9 Å². The second-order valence-corrected chi connectivity index (χ2v) is 14.3. The van der Waals surface area contributed by atoms with Gasteiger partial charge in [-0.05, 0) is 45.5 Å². The highest BCUT2D eigenvalue weighted by molar-refractivity contribution is 5.94. The molecule has 0 bridgehead atoms. The van der Waals surface area contributed by atoms with Crippen LogP contribution >= 0.6 is 0 Å². The summed E-state index contributed by atoms with van der Waals surface area (Å²) in [6.45, 7) is 0. The van der Waals surface area contributed by atoms with Crippen molar-refractivity contribution in [3.05, 3.63) is 218 Å². The summed E-state index contributed by atoms with van der Waals surface area (Å²) in [5.74, 6) is 1.34. The highest BCUT2D eigenvalue weighted by atomic mass is 14.9. The van der Waals surface area contributed by atoms with Crippen molar-refractivity contribution < 1.29 is 0 Å². The molecular formula is C54H36N4. The Balaban J connectivity index is 1.02. The van der Waals surface area contributed by atoms with Crippen LogP contribution in [0.2, 0.25) is 0 Å². The van der Waals surface area contributed by atoms with Crippen molar-refractivity contribution in [2.75, 3.05) is 0 Å².